The second kappa shape index (κ2) is 3.49. The van der Waals surface area contributed by atoms with Gasteiger partial charge in [0.2, 0.25) is 5.91 Å². The van der Waals surface area contributed by atoms with Crippen LogP contribution in [0.4, 0.5) is 0 Å². The molecule has 5 nitrogen and oxygen atoms in total. The Morgan fingerprint density at radius 3 is 2.50 bits per heavy atom. The Hall–Kier alpha value is -0.650. The summed E-state index contributed by atoms with van der Waals surface area (Å²) in [5.41, 5.74) is 5.25. The number of hydrogen-bond acceptors (Lipinski definition) is 4. The van der Waals surface area contributed by atoms with Gasteiger partial charge < -0.3 is 20.5 Å². The molecule has 0 spiro atoms. The molecule has 2 aliphatic heterocycles. The molecule has 0 saturated carbocycles. The molecule has 2 rings (SSSR count). The van der Waals surface area contributed by atoms with Crippen LogP contribution >= 0.6 is 0 Å². The van der Waals surface area contributed by atoms with Gasteiger partial charge in [-0.2, -0.15) is 0 Å². The number of nitrogens with zero attached hydrogens (tertiary/aromatic N) is 1. The van der Waals surface area contributed by atoms with Crippen molar-refractivity contribution in [1.82, 2.24) is 4.90 Å². The highest BCUT2D eigenvalue weighted by atomic mass is 16.5. The molecule has 80 valence electrons. The number of carbonyl (C=O) groups excluding carboxylic acids is 1. The van der Waals surface area contributed by atoms with Crippen molar-refractivity contribution >= 4 is 5.91 Å². The maximum absolute atomic E-state index is 11.9. The van der Waals surface area contributed by atoms with E-state index < -0.39 is 5.54 Å². The zero-order chi connectivity index (χ0) is 10.2. The second-order valence-corrected chi connectivity index (χ2v) is 4.13. The Kier molecular flexibility index (Phi) is 2.47. The van der Waals surface area contributed by atoms with Crippen LogP contribution in [-0.2, 0) is 9.53 Å². The number of β-amino-alcohol motifs (C(OH)–C–C–N with tert-alkyl or cyclic N) is 1. The zero-order valence-electron chi connectivity index (χ0n) is 8.11. The highest BCUT2D eigenvalue weighted by molar-refractivity contribution is 5.87. The average molecular weight is 200 g/mol. The first-order valence-corrected chi connectivity index (χ1v) is 4.96. The standard InChI is InChI=1S/C9H16N2O3/c10-9(1-3-14-4-2-9)8(13)11-5-7(12)6-11/h7,12H,1-6,10H2. The molecular formula is C9H16N2O3. The number of carbonyl (C=O) groups is 1. The first-order valence-electron chi connectivity index (χ1n) is 4.96. The van der Waals surface area contributed by atoms with Gasteiger partial charge in [-0.1, -0.05) is 0 Å². The van der Waals surface area contributed by atoms with Crippen LogP contribution in [0.25, 0.3) is 0 Å². The lowest BCUT2D eigenvalue weighted by molar-refractivity contribution is -0.150. The maximum Gasteiger partial charge on any atom is 0.243 e. The zero-order valence-corrected chi connectivity index (χ0v) is 8.11. The highest BCUT2D eigenvalue weighted by Gasteiger charge is 2.42. The molecule has 2 aliphatic rings. The summed E-state index contributed by atoms with van der Waals surface area (Å²) in [4.78, 5) is 13.5. The van der Waals surface area contributed by atoms with Gasteiger partial charge in [0.05, 0.1) is 11.6 Å². The van der Waals surface area contributed by atoms with Gasteiger partial charge in [0, 0.05) is 26.3 Å². The average Bonchev–Trinajstić information content (AvgIpc) is 2.13. The van der Waals surface area contributed by atoms with E-state index in [1.54, 1.807) is 4.90 Å². The summed E-state index contributed by atoms with van der Waals surface area (Å²) in [5.74, 6) is -0.0360. The smallest absolute Gasteiger partial charge is 0.243 e. The maximum atomic E-state index is 11.9. The van der Waals surface area contributed by atoms with Crippen LogP contribution in [0, 0.1) is 0 Å². The molecule has 2 fully saturated rings. The number of ether oxygens (including phenoxy) is 1. The predicted octanol–water partition coefficient (Wildman–Crippen LogP) is -1.30. The molecule has 0 unspecified atom stereocenters. The number of rotatable bonds is 1. The van der Waals surface area contributed by atoms with Crippen molar-refractivity contribution in [2.24, 2.45) is 5.73 Å². The van der Waals surface area contributed by atoms with Gasteiger partial charge in [-0.15, -0.1) is 0 Å². The van der Waals surface area contributed by atoms with E-state index in [0.29, 0.717) is 39.1 Å². The molecule has 0 aliphatic carbocycles. The fraction of sp³-hybridized carbons (Fsp3) is 0.889. The van der Waals surface area contributed by atoms with Crippen molar-refractivity contribution in [1.29, 1.82) is 0 Å². The van der Waals surface area contributed by atoms with E-state index in [2.05, 4.69) is 0 Å². The van der Waals surface area contributed by atoms with Crippen molar-refractivity contribution in [2.45, 2.75) is 24.5 Å². The minimum absolute atomic E-state index is 0.0360. The monoisotopic (exact) mass is 200 g/mol. The van der Waals surface area contributed by atoms with Gasteiger partial charge in [0.25, 0.3) is 0 Å². The van der Waals surface area contributed by atoms with Crippen molar-refractivity contribution in [2.75, 3.05) is 26.3 Å². The van der Waals surface area contributed by atoms with Gasteiger partial charge in [-0.3, -0.25) is 4.79 Å². The van der Waals surface area contributed by atoms with Crippen LogP contribution in [-0.4, -0.2) is 53.9 Å². The molecule has 0 aromatic rings. The van der Waals surface area contributed by atoms with Gasteiger partial charge >= 0.3 is 0 Å². The van der Waals surface area contributed by atoms with Gasteiger partial charge in [0.15, 0.2) is 0 Å². The summed E-state index contributed by atoms with van der Waals surface area (Å²) >= 11 is 0. The second-order valence-electron chi connectivity index (χ2n) is 4.13. The molecule has 0 radical (unpaired) electrons. The van der Waals surface area contributed by atoms with Crippen LogP contribution < -0.4 is 5.73 Å². The van der Waals surface area contributed by atoms with E-state index in [9.17, 15) is 4.79 Å². The van der Waals surface area contributed by atoms with Crippen molar-refractivity contribution in [3.05, 3.63) is 0 Å². The topological polar surface area (TPSA) is 75.8 Å². The molecular weight excluding hydrogens is 184 g/mol. The summed E-state index contributed by atoms with van der Waals surface area (Å²) in [6.07, 6.45) is 0.805. The summed E-state index contributed by atoms with van der Waals surface area (Å²) in [6.45, 7) is 1.97. The SMILES string of the molecule is NC1(C(=O)N2CC(O)C2)CCOCC1. The van der Waals surface area contributed by atoms with Gasteiger partial charge in [-0.25, -0.2) is 0 Å². The van der Waals surface area contributed by atoms with E-state index in [0.717, 1.165) is 0 Å². The largest absolute Gasteiger partial charge is 0.389 e. The van der Waals surface area contributed by atoms with Crippen molar-refractivity contribution < 1.29 is 14.6 Å². The Morgan fingerprint density at radius 2 is 2.00 bits per heavy atom. The minimum Gasteiger partial charge on any atom is -0.389 e. The molecule has 1 amide bonds. The molecule has 5 heteroatoms. The summed E-state index contributed by atoms with van der Waals surface area (Å²) in [7, 11) is 0. The third-order valence-corrected chi connectivity index (χ3v) is 2.96. The molecule has 14 heavy (non-hydrogen) atoms. The van der Waals surface area contributed by atoms with Gasteiger partial charge in [0.1, 0.15) is 0 Å². The lowest BCUT2D eigenvalue weighted by atomic mass is 9.88. The third kappa shape index (κ3) is 1.63. The van der Waals surface area contributed by atoms with Crippen LogP contribution in [0.1, 0.15) is 12.8 Å². The van der Waals surface area contributed by atoms with E-state index in [-0.39, 0.29) is 12.0 Å². The molecule has 0 bridgehead atoms. The summed E-state index contributed by atoms with van der Waals surface area (Å²) < 4.78 is 5.17. The lowest BCUT2D eigenvalue weighted by Gasteiger charge is -2.42. The molecule has 2 saturated heterocycles. The Morgan fingerprint density at radius 1 is 1.43 bits per heavy atom. The molecule has 0 aromatic carbocycles. The normalized spacial score (nSPS) is 27.1. The van der Waals surface area contributed by atoms with E-state index in [1.807, 2.05) is 0 Å². The summed E-state index contributed by atoms with van der Waals surface area (Å²) in [6, 6.07) is 0. The number of amides is 1. The van der Waals surface area contributed by atoms with Crippen LogP contribution in [0.3, 0.4) is 0 Å². The molecule has 0 atom stereocenters. The van der Waals surface area contributed by atoms with Crippen molar-refractivity contribution in [3.63, 3.8) is 0 Å². The Bertz CT molecular complexity index is 232. The first kappa shape index (κ1) is 9.89. The van der Waals surface area contributed by atoms with Crippen LogP contribution in [0.5, 0.6) is 0 Å². The fourth-order valence-corrected chi connectivity index (χ4v) is 1.89. The Balaban J connectivity index is 1.95. The van der Waals surface area contributed by atoms with Crippen molar-refractivity contribution in [3.8, 4) is 0 Å². The highest BCUT2D eigenvalue weighted by Crippen LogP contribution is 2.23. The van der Waals surface area contributed by atoms with E-state index >= 15 is 0 Å². The predicted molar refractivity (Wildman–Crippen MR) is 49.6 cm³/mol. The number of nitrogens with two attached hydrogens (primary N) is 1. The fourth-order valence-electron chi connectivity index (χ4n) is 1.89. The molecule has 3 N–H and O–H groups in total. The minimum atomic E-state index is -0.752. The number of aliphatic hydroxyl groups excluding tert-OH is 1. The quantitative estimate of drug-likeness (QED) is 0.551. The van der Waals surface area contributed by atoms with Gasteiger partial charge in [-0.05, 0) is 12.8 Å². The van der Waals surface area contributed by atoms with Crippen LogP contribution in [0.2, 0.25) is 0 Å². The number of hydrogen-bond donors (Lipinski definition) is 2. The van der Waals surface area contributed by atoms with Crippen LogP contribution in [0.15, 0.2) is 0 Å². The van der Waals surface area contributed by atoms with E-state index in [4.69, 9.17) is 15.6 Å². The molecule has 0 aromatic heterocycles. The third-order valence-electron chi connectivity index (χ3n) is 2.96. The lowest BCUT2D eigenvalue weighted by Crippen LogP contribution is -2.64. The first-order chi connectivity index (χ1) is 6.62. The summed E-state index contributed by atoms with van der Waals surface area (Å²) in [5, 5.41) is 9.09. The number of aliphatic hydroxyl groups is 1. The Labute approximate surface area is 82.8 Å². The van der Waals surface area contributed by atoms with E-state index in [1.165, 1.54) is 0 Å². The molecule has 2 heterocycles. The number of likely N-dealkylation sites (tertiary alicyclic amines) is 1.